The lowest BCUT2D eigenvalue weighted by atomic mass is 9.86. The quantitative estimate of drug-likeness (QED) is 0.837. The normalized spacial score (nSPS) is 21.5. The van der Waals surface area contributed by atoms with Gasteiger partial charge in [-0.25, -0.2) is 0 Å². The molecule has 0 saturated carbocycles. The van der Waals surface area contributed by atoms with Gasteiger partial charge in [-0.1, -0.05) is 17.7 Å². The molecule has 2 aliphatic heterocycles. The minimum atomic E-state index is -0.293. The molecular formula is C15H19ClN2O2. The molecule has 0 N–H and O–H groups in total. The van der Waals surface area contributed by atoms with Gasteiger partial charge in [0.25, 0.3) is 0 Å². The van der Waals surface area contributed by atoms with E-state index in [1.165, 1.54) is 0 Å². The summed E-state index contributed by atoms with van der Waals surface area (Å²) < 4.78 is 5.18. The zero-order chi connectivity index (χ0) is 14.2. The average molecular weight is 295 g/mol. The summed E-state index contributed by atoms with van der Waals surface area (Å²) in [5.74, 6) is 0.231. The van der Waals surface area contributed by atoms with Crippen LogP contribution in [-0.4, -0.2) is 50.2 Å². The number of anilines is 1. The zero-order valence-electron chi connectivity index (χ0n) is 11.6. The zero-order valence-corrected chi connectivity index (χ0v) is 12.4. The topological polar surface area (TPSA) is 32.8 Å². The summed E-state index contributed by atoms with van der Waals surface area (Å²) in [6.07, 6.45) is 0. The first-order chi connectivity index (χ1) is 9.58. The Bertz CT molecular complexity index is 508. The van der Waals surface area contributed by atoms with E-state index >= 15 is 0 Å². The van der Waals surface area contributed by atoms with E-state index in [0.29, 0.717) is 13.2 Å². The van der Waals surface area contributed by atoms with Crippen LogP contribution in [0.5, 0.6) is 0 Å². The van der Waals surface area contributed by atoms with Crippen molar-refractivity contribution < 1.29 is 9.53 Å². The molecule has 0 aliphatic carbocycles. The van der Waals surface area contributed by atoms with Gasteiger partial charge in [0, 0.05) is 36.9 Å². The molecule has 0 aromatic heterocycles. The molecule has 2 fully saturated rings. The molecule has 1 aromatic rings. The van der Waals surface area contributed by atoms with Gasteiger partial charge in [-0.3, -0.25) is 4.79 Å². The molecule has 2 heterocycles. The molecule has 1 aromatic carbocycles. The Morgan fingerprint density at radius 3 is 2.50 bits per heavy atom. The first kappa shape index (κ1) is 13.7. The molecule has 20 heavy (non-hydrogen) atoms. The fourth-order valence-electron chi connectivity index (χ4n) is 2.75. The lowest BCUT2D eigenvalue weighted by Crippen LogP contribution is -2.58. The van der Waals surface area contributed by atoms with E-state index < -0.39 is 0 Å². The number of benzene rings is 1. The third-order valence-electron chi connectivity index (χ3n) is 4.10. The van der Waals surface area contributed by atoms with Gasteiger partial charge in [0.2, 0.25) is 5.91 Å². The molecule has 3 rings (SSSR count). The van der Waals surface area contributed by atoms with E-state index in [4.69, 9.17) is 16.3 Å². The summed E-state index contributed by atoms with van der Waals surface area (Å²) in [6.45, 7) is 6.33. The van der Waals surface area contributed by atoms with Crippen LogP contribution in [-0.2, 0) is 9.53 Å². The van der Waals surface area contributed by atoms with E-state index in [1.807, 2.05) is 30.0 Å². The maximum absolute atomic E-state index is 12.4. The Kier molecular flexibility index (Phi) is 3.61. The number of rotatable bonds is 2. The third kappa shape index (κ3) is 2.50. The Balaban J connectivity index is 1.61. The van der Waals surface area contributed by atoms with Gasteiger partial charge in [0.05, 0.1) is 18.6 Å². The molecule has 0 unspecified atom stereocenters. The third-order valence-corrected chi connectivity index (χ3v) is 4.33. The Hall–Kier alpha value is -1.26. The summed E-state index contributed by atoms with van der Waals surface area (Å²) in [6, 6.07) is 7.87. The number of carbonyl (C=O) groups is 1. The van der Waals surface area contributed by atoms with Crippen LogP contribution in [0.15, 0.2) is 24.3 Å². The van der Waals surface area contributed by atoms with E-state index in [1.54, 1.807) is 0 Å². The summed E-state index contributed by atoms with van der Waals surface area (Å²) in [5.41, 5.74) is 0.834. The number of ether oxygens (including phenoxy) is 1. The number of nitrogens with zero attached hydrogens (tertiary/aromatic N) is 2. The number of hydrogen-bond acceptors (Lipinski definition) is 3. The number of hydrogen-bond donors (Lipinski definition) is 0. The average Bonchev–Trinajstić information content (AvgIpc) is 2.44. The SMILES string of the molecule is CC1(C(=O)N2CCN(c3cccc(Cl)c3)CC2)COC1. The lowest BCUT2D eigenvalue weighted by molar-refractivity contribution is -0.169. The van der Waals surface area contributed by atoms with Crippen molar-refractivity contribution >= 4 is 23.2 Å². The molecule has 5 heteroatoms. The first-order valence-electron chi connectivity index (χ1n) is 6.96. The highest BCUT2D eigenvalue weighted by Gasteiger charge is 2.44. The minimum absolute atomic E-state index is 0.231. The largest absolute Gasteiger partial charge is 0.379 e. The maximum Gasteiger partial charge on any atom is 0.233 e. The molecule has 4 nitrogen and oxygen atoms in total. The second-order valence-corrected chi connectivity index (χ2v) is 6.25. The molecule has 2 saturated heterocycles. The Morgan fingerprint density at radius 2 is 1.95 bits per heavy atom. The Labute approximate surface area is 124 Å². The second-order valence-electron chi connectivity index (χ2n) is 5.81. The van der Waals surface area contributed by atoms with Gasteiger partial charge in [-0.15, -0.1) is 0 Å². The highest BCUT2D eigenvalue weighted by Crippen LogP contribution is 2.30. The molecule has 0 atom stereocenters. The van der Waals surface area contributed by atoms with E-state index in [-0.39, 0.29) is 11.3 Å². The van der Waals surface area contributed by atoms with Crippen LogP contribution in [0.25, 0.3) is 0 Å². The van der Waals surface area contributed by atoms with Gasteiger partial charge in [0.1, 0.15) is 0 Å². The fraction of sp³-hybridized carbons (Fsp3) is 0.533. The monoisotopic (exact) mass is 294 g/mol. The summed E-state index contributed by atoms with van der Waals surface area (Å²) in [7, 11) is 0. The van der Waals surface area contributed by atoms with Crippen molar-refractivity contribution in [2.24, 2.45) is 5.41 Å². The van der Waals surface area contributed by atoms with Crippen molar-refractivity contribution in [3.05, 3.63) is 29.3 Å². The number of amides is 1. The van der Waals surface area contributed by atoms with E-state index in [2.05, 4.69) is 11.0 Å². The van der Waals surface area contributed by atoms with Crippen LogP contribution >= 0.6 is 11.6 Å². The van der Waals surface area contributed by atoms with Gasteiger partial charge in [0.15, 0.2) is 0 Å². The highest BCUT2D eigenvalue weighted by atomic mass is 35.5. The minimum Gasteiger partial charge on any atom is -0.379 e. The molecule has 1 amide bonds. The number of carbonyl (C=O) groups excluding carboxylic acids is 1. The predicted octanol–water partition coefficient (Wildman–Crippen LogP) is 2.03. The second kappa shape index (κ2) is 5.26. The number of piperazine rings is 1. The first-order valence-corrected chi connectivity index (χ1v) is 7.34. The van der Waals surface area contributed by atoms with Gasteiger partial charge < -0.3 is 14.5 Å². The fourth-order valence-corrected chi connectivity index (χ4v) is 2.94. The van der Waals surface area contributed by atoms with Crippen molar-refractivity contribution in [1.82, 2.24) is 4.90 Å². The van der Waals surface area contributed by atoms with E-state index in [9.17, 15) is 4.79 Å². The van der Waals surface area contributed by atoms with Crippen LogP contribution in [0.1, 0.15) is 6.92 Å². The molecular weight excluding hydrogens is 276 g/mol. The molecule has 0 spiro atoms. The molecule has 0 bridgehead atoms. The summed E-state index contributed by atoms with van der Waals surface area (Å²) >= 11 is 6.02. The van der Waals surface area contributed by atoms with Crippen LogP contribution in [0, 0.1) is 5.41 Å². The van der Waals surface area contributed by atoms with Crippen LogP contribution < -0.4 is 4.90 Å². The number of halogens is 1. The lowest BCUT2D eigenvalue weighted by Gasteiger charge is -2.43. The smallest absolute Gasteiger partial charge is 0.233 e. The standard InChI is InChI=1S/C15H19ClN2O2/c1-15(10-20-11-15)14(19)18-7-5-17(6-8-18)13-4-2-3-12(16)9-13/h2-4,9H,5-8,10-11H2,1H3. The van der Waals surface area contributed by atoms with Gasteiger partial charge >= 0.3 is 0 Å². The van der Waals surface area contributed by atoms with Crippen molar-refractivity contribution in [3.8, 4) is 0 Å². The van der Waals surface area contributed by atoms with E-state index in [0.717, 1.165) is 36.9 Å². The van der Waals surface area contributed by atoms with Gasteiger partial charge in [-0.2, -0.15) is 0 Å². The highest BCUT2D eigenvalue weighted by molar-refractivity contribution is 6.30. The van der Waals surface area contributed by atoms with Crippen molar-refractivity contribution in [1.29, 1.82) is 0 Å². The van der Waals surface area contributed by atoms with Crippen LogP contribution in [0.3, 0.4) is 0 Å². The maximum atomic E-state index is 12.4. The summed E-state index contributed by atoms with van der Waals surface area (Å²) in [5, 5.41) is 0.750. The molecule has 108 valence electrons. The van der Waals surface area contributed by atoms with Crippen molar-refractivity contribution in [2.75, 3.05) is 44.3 Å². The summed E-state index contributed by atoms with van der Waals surface area (Å²) in [4.78, 5) is 16.6. The molecule has 0 radical (unpaired) electrons. The van der Waals surface area contributed by atoms with Crippen LogP contribution in [0.4, 0.5) is 5.69 Å². The van der Waals surface area contributed by atoms with Crippen LogP contribution in [0.2, 0.25) is 5.02 Å². The molecule has 2 aliphatic rings. The van der Waals surface area contributed by atoms with Gasteiger partial charge in [-0.05, 0) is 25.1 Å². The van der Waals surface area contributed by atoms with Crippen molar-refractivity contribution in [2.45, 2.75) is 6.92 Å². The van der Waals surface area contributed by atoms with Crippen molar-refractivity contribution in [3.63, 3.8) is 0 Å². The predicted molar refractivity (Wildman–Crippen MR) is 79.2 cm³/mol. The Morgan fingerprint density at radius 1 is 1.25 bits per heavy atom.